The van der Waals surface area contributed by atoms with E-state index in [0.717, 1.165) is 5.92 Å². The summed E-state index contributed by atoms with van der Waals surface area (Å²) >= 11 is 0. The largest absolute Gasteiger partial charge is 0.315 e. The van der Waals surface area contributed by atoms with Gasteiger partial charge in [-0.2, -0.15) is 0 Å². The first kappa shape index (κ1) is 17.9. The SMILES string of the molecule is CC.CNC(C)(C)CC(C)(C)N1CCC(C)CC1. The van der Waals surface area contributed by atoms with E-state index in [1.807, 2.05) is 13.8 Å². The van der Waals surface area contributed by atoms with Crippen LogP contribution in [-0.2, 0) is 0 Å². The third kappa shape index (κ3) is 5.71. The van der Waals surface area contributed by atoms with Crippen molar-refractivity contribution in [2.24, 2.45) is 5.92 Å². The van der Waals surface area contributed by atoms with Crippen LogP contribution in [0.4, 0.5) is 0 Å². The van der Waals surface area contributed by atoms with Gasteiger partial charge in [0.15, 0.2) is 0 Å². The van der Waals surface area contributed by atoms with E-state index in [-0.39, 0.29) is 5.54 Å². The summed E-state index contributed by atoms with van der Waals surface area (Å²) in [6.07, 6.45) is 3.93. The first-order valence-corrected chi connectivity index (χ1v) is 7.71. The summed E-state index contributed by atoms with van der Waals surface area (Å²) in [6, 6.07) is 0. The number of hydrogen-bond acceptors (Lipinski definition) is 2. The Labute approximate surface area is 116 Å². The summed E-state index contributed by atoms with van der Waals surface area (Å²) in [7, 11) is 2.06. The van der Waals surface area contributed by atoms with Crippen molar-refractivity contribution in [3.63, 3.8) is 0 Å². The molecule has 0 bridgehead atoms. The van der Waals surface area contributed by atoms with E-state index in [9.17, 15) is 0 Å². The van der Waals surface area contributed by atoms with Crippen molar-refractivity contribution < 1.29 is 0 Å². The van der Waals surface area contributed by atoms with Crippen molar-refractivity contribution in [2.45, 2.75) is 78.8 Å². The Morgan fingerprint density at radius 1 is 1.06 bits per heavy atom. The smallest absolute Gasteiger partial charge is 0.0170 e. The van der Waals surface area contributed by atoms with E-state index in [2.05, 4.69) is 51.9 Å². The van der Waals surface area contributed by atoms with Gasteiger partial charge in [-0.1, -0.05) is 20.8 Å². The average Bonchev–Trinajstić information content (AvgIpc) is 2.31. The van der Waals surface area contributed by atoms with Gasteiger partial charge >= 0.3 is 0 Å². The molecule has 1 rings (SSSR count). The number of rotatable bonds is 4. The summed E-state index contributed by atoms with van der Waals surface area (Å²) in [5.41, 5.74) is 0.541. The molecule has 110 valence electrons. The molecule has 0 unspecified atom stereocenters. The number of piperidine rings is 1. The van der Waals surface area contributed by atoms with Crippen molar-refractivity contribution in [1.29, 1.82) is 0 Å². The van der Waals surface area contributed by atoms with E-state index in [4.69, 9.17) is 0 Å². The first-order chi connectivity index (χ1) is 8.27. The summed E-state index contributed by atoms with van der Waals surface area (Å²) in [5.74, 6) is 0.921. The summed E-state index contributed by atoms with van der Waals surface area (Å²) < 4.78 is 0. The topological polar surface area (TPSA) is 15.3 Å². The van der Waals surface area contributed by atoms with Crippen LogP contribution in [0.15, 0.2) is 0 Å². The third-order valence-electron chi connectivity index (χ3n) is 4.19. The van der Waals surface area contributed by atoms with Gasteiger partial charge in [-0.25, -0.2) is 0 Å². The van der Waals surface area contributed by atoms with Crippen LogP contribution in [0.5, 0.6) is 0 Å². The number of likely N-dealkylation sites (tertiary alicyclic amines) is 1. The molecular formula is C16H36N2. The Morgan fingerprint density at radius 2 is 1.50 bits per heavy atom. The van der Waals surface area contributed by atoms with Gasteiger partial charge in [-0.3, -0.25) is 4.90 Å². The minimum atomic E-state index is 0.229. The fraction of sp³-hybridized carbons (Fsp3) is 1.00. The van der Waals surface area contributed by atoms with Crippen molar-refractivity contribution in [2.75, 3.05) is 20.1 Å². The van der Waals surface area contributed by atoms with Gasteiger partial charge in [0.25, 0.3) is 0 Å². The van der Waals surface area contributed by atoms with Crippen molar-refractivity contribution >= 4 is 0 Å². The van der Waals surface area contributed by atoms with Crippen molar-refractivity contribution in [1.82, 2.24) is 10.2 Å². The second-order valence-corrected chi connectivity index (χ2v) is 6.79. The molecule has 2 nitrogen and oxygen atoms in total. The van der Waals surface area contributed by atoms with E-state index >= 15 is 0 Å². The molecule has 1 heterocycles. The summed E-state index contributed by atoms with van der Waals surface area (Å²) in [4.78, 5) is 2.67. The zero-order chi connectivity index (χ0) is 14.4. The molecule has 1 aliphatic rings. The maximum Gasteiger partial charge on any atom is 0.0170 e. The molecular weight excluding hydrogens is 220 g/mol. The highest BCUT2D eigenvalue weighted by Crippen LogP contribution is 2.29. The zero-order valence-corrected chi connectivity index (χ0v) is 14.1. The monoisotopic (exact) mass is 256 g/mol. The van der Waals surface area contributed by atoms with Crippen LogP contribution in [0.1, 0.15) is 67.7 Å². The average molecular weight is 256 g/mol. The lowest BCUT2D eigenvalue weighted by molar-refractivity contribution is 0.0536. The fourth-order valence-electron chi connectivity index (χ4n) is 2.90. The maximum absolute atomic E-state index is 3.42. The summed E-state index contributed by atoms with van der Waals surface area (Å²) in [5, 5.41) is 3.42. The molecule has 0 aromatic rings. The molecule has 0 radical (unpaired) electrons. The Kier molecular flexibility index (Phi) is 7.46. The van der Waals surface area contributed by atoms with Gasteiger partial charge in [-0.15, -0.1) is 0 Å². The first-order valence-electron chi connectivity index (χ1n) is 7.71. The van der Waals surface area contributed by atoms with Crippen molar-refractivity contribution in [3.05, 3.63) is 0 Å². The predicted molar refractivity (Wildman–Crippen MR) is 83.2 cm³/mol. The lowest BCUT2D eigenvalue weighted by atomic mass is 9.84. The van der Waals surface area contributed by atoms with Gasteiger partial charge in [0.2, 0.25) is 0 Å². The molecule has 18 heavy (non-hydrogen) atoms. The lowest BCUT2D eigenvalue weighted by Crippen LogP contribution is -2.53. The van der Waals surface area contributed by atoms with Crippen LogP contribution in [0, 0.1) is 5.92 Å². The molecule has 2 heteroatoms. The quantitative estimate of drug-likeness (QED) is 0.820. The zero-order valence-electron chi connectivity index (χ0n) is 14.1. The highest BCUT2D eigenvalue weighted by molar-refractivity contribution is 4.92. The molecule has 0 amide bonds. The van der Waals surface area contributed by atoms with Crippen LogP contribution in [0.25, 0.3) is 0 Å². The Balaban J connectivity index is 0.00000137. The molecule has 1 aliphatic heterocycles. The van der Waals surface area contributed by atoms with Crippen LogP contribution in [0.3, 0.4) is 0 Å². The van der Waals surface area contributed by atoms with Gasteiger partial charge in [0.05, 0.1) is 0 Å². The molecule has 0 aromatic heterocycles. The highest BCUT2D eigenvalue weighted by Gasteiger charge is 2.34. The molecule has 1 N–H and O–H groups in total. The van der Waals surface area contributed by atoms with E-state index < -0.39 is 0 Å². The van der Waals surface area contributed by atoms with E-state index in [1.54, 1.807) is 0 Å². The number of nitrogens with one attached hydrogen (secondary N) is 1. The second kappa shape index (κ2) is 7.49. The van der Waals surface area contributed by atoms with Gasteiger partial charge in [0, 0.05) is 11.1 Å². The van der Waals surface area contributed by atoms with Gasteiger partial charge in [-0.05, 0) is 73.0 Å². The van der Waals surface area contributed by atoms with Crippen LogP contribution >= 0.6 is 0 Å². The number of nitrogens with zero attached hydrogens (tertiary/aromatic N) is 1. The third-order valence-corrected chi connectivity index (χ3v) is 4.19. The molecule has 0 spiro atoms. The van der Waals surface area contributed by atoms with Gasteiger partial charge in [0.1, 0.15) is 0 Å². The standard InChI is InChI=1S/C14H30N2.C2H6/c1-12-7-9-16(10-8-12)14(4,5)11-13(2,3)15-6;1-2/h12,15H,7-11H2,1-6H3;1-2H3. The maximum atomic E-state index is 3.42. The lowest BCUT2D eigenvalue weighted by Gasteiger charge is -2.46. The minimum Gasteiger partial charge on any atom is -0.315 e. The number of hydrogen-bond donors (Lipinski definition) is 1. The van der Waals surface area contributed by atoms with E-state index in [0.29, 0.717) is 5.54 Å². The minimum absolute atomic E-state index is 0.229. The second-order valence-electron chi connectivity index (χ2n) is 6.79. The van der Waals surface area contributed by atoms with Crippen LogP contribution < -0.4 is 5.32 Å². The Hall–Kier alpha value is -0.0800. The predicted octanol–water partition coefficient (Wildman–Crippen LogP) is 3.91. The highest BCUT2D eigenvalue weighted by atomic mass is 15.2. The molecule has 0 saturated carbocycles. The Bertz CT molecular complexity index is 213. The van der Waals surface area contributed by atoms with Crippen molar-refractivity contribution in [3.8, 4) is 0 Å². The van der Waals surface area contributed by atoms with Crippen LogP contribution in [-0.4, -0.2) is 36.1 Å². The molecule has 0 aromatic carbocycles. The molecule has 0 atom stereocenters. The van der Waals surface area contributed by atoms with Crippen LogP contribution in [0.2, 0.25) is 0 Å². The fourth-order valence-corrected chi connectivity index (χ4v) is 2.90. The summed E-state index contributed by atoms with van der Waals surface area (Å²) in [6.45, 7) is 18.3. The molecule has 1 fully saturated rings. The van der Waals surface area contributed by atoms with Gasteiger partial charge < -0.3 is 5.32 Å². The van der Waals surface area contributed by atoms with E-state index in [1.165, 1.54) is 32.4 Å². The molecule has 0 aliphatic carbocycles. The Morgan fingerprint density at radius 3 is 1.89 bits per heavy atom. The normalized spacial score (nSPS) is 19.3. The molecule has 1 saturated heterocycles.